The molecule has 0 radical (unpaired) electrons. The average molecular weight is 276 g/mol. The molecule has 0 bridgehead atoms. The van der Waals surface area contributed by atoms with E-state index in [9.17, 15) is 0 Å². The molecule has 0 N–H and O–H groups in total. The zero-order chi connectivity index (χ0) is 14.4. The molecular weight excluding hydrogens is 260 g/mol. The van der Waals surface area contributed by atoms with Crippen molar-refractivity contribution in [2.45, 2.75) is 20.5 Å². The predicted octanol–water partition coefficient (Wildman–Crippen LogP) is 4.05. The first kappa shape index (κ1) is 12.2. The first-order chi connectivity index (χ1) is 10.2. The number of nitrogens with zero attached hydrogens (tertiary/aromatic N) is 2. The summed E-state index contributed by atoms with van der Waals surface area (Å²) in [6.07, 6.45) is 0. The van der Waals surface area contributed by atoms with Crippen LogP contribution in [0.4, 0.5) is 0 Å². The highest BCUT2D eigenvalue weighted by Crippen LogP contribution is 2.40. The fourth-order valence-electron chi connectivity index (χ4n) is 2.87. The second kappa shape index (κ2) is 4.48. The number of rotatable bonds is 1. The molecule has 4 rings (SSSR count). The summed E-state index contributed by atoms with van der Waals surface area (Å²) in [6.45, 7) is 4.73. The van der Waals surface area contributed by atoms with Gasteiger partial charge in [-0.05, 0) is 38.1 Å². The van der Waals surface area contributed by atoms with Crippen molar-refractivity contribution in [3.63, 3.8) is 0 Å². The summed E-state index contributed by atoms with van der Waals surface area (Å²) in [5, 5.41) is 4.73. The van der Waals surface area contributed by atoms with Crippen molar-refractivity contribution >= 4 is 0 Å². The van der Waals surface area contributed by atoms with E-state index in [1.165, 1.54) is 11.1 Å². The molecule has 3 heteroatoms. The van der Waals surface area contributed by atoms with Crippen LogP contribution < -0.4 is 4.74 Å². The van der Waals surface area contributed by atoms with Crippen molar-refractivity contribution in [1.29, 1.82) is 0 Å². The average Bonchev–Trinajstić information content (AvgIpc) is 2.86. The zero-order valence-corrected chi connectivity index (χ0v) is 12.1. The SMILES string of the molecule is Cc1ccc2c(c1)-c1c(c(C)nn1-c1ccccc1)CO2. The van der Waals surface area contributed by atoms with Crippen LogP contribution in [0, 0.1) is 13.8 Å². The van der Waals surface area contributed by atoms with Gasteiger partial charge in [0.1, 0.15) is 12.4 Å². The van der Waals surface area contributed by atoms with Crippen molar-refractivity contribution < 1.29 is 4.74 Å². The Morgan fingerprint density at radius 2 is 1.86 bits per heavy atom. The predicted molar refractivity (Wildman–Crippen MR) is 82.8 cm³/mol. The number of ether oxygens (including phenoxy) is 1. The number of hydrogen-bond donors (Lipinski definition) is 0. The van der Waals surface area contributed by atoms with Gasteiger partial charge in [0.05, 0.1) is 17.1 Å². The first-order valence-corrected chi connectivity index (χ1v) is 7.12. The molecule has 104 valence electrons. The van der Waals surface area contributed by atoms with E-state index in [0.717, 1.165) is 28.4 Å². The highest BCUT2D eigenvalue weighted by molar-refractivity contribution is 5.75. The number of aromatic nitrogens is 2. The molecule has 0 fully saturated rings. The highest BCUT2D eigenvalue weighted by Gasteiger charge is 2.25. The van der Waals surface area contributed by atoms with Crippen LogP contribution in [-0.2, 0) is 6.61 Å². The van der Waals surface area contributed by atoms with E-state index in [1.54, 1.807) is 0 Å². The Labute approximate surface area is 123 Å². The van der Waals surface area contributed by atoms with Gasteiger partial charge in [0.25, 0.3) is 0 Å². The third kappa shape index (κ3) is 1.85. The third-order valence-electron chi connectivity index (χ3n) is 3.95. The van der Waals surface area contributed by atoms with Crippen molar-refractivity contribution in [3.05, 3.63) is 65.4 Å². The maximum absolute atomic E-state index is 5.88. The van der Waals surface area contributed by atoms with Gasteiger partial charge in [-0.25, -0.2) is 4.68 Å². The molecule has 0 spiro atoms. The lowest BCUT2D eigenvalue weighted by Crippen LogP contribution is -2.08. The van der Waals surface area contributed by atoms with Crippen LogP contribution in [0.1, 0.15) is 16.8 Å². The van der Waals surface area contributed by atoms with Crippen molar-refractivity contribution in [2.24, 2.45) is 0 Å². The van der Waals surface area contributed by atoms with Crippen LogP contribution in [0.15, 0.2) is 48.5 Å². The molecule has 2 aromatic carbocycles. The van der Waals surface area contributed by atoms with Crippen LogP contribution >= 0.6 is 0 Å². The molecule has 0 saturated heterocycles. The number of para-hydroxylation sites is 1. The first-order valence-electron chi connectivity index (χ1n) is 7.12. The molecular formula is C18H16N2O. The van der Waals surface area contributed by atoms with Crippen molar-refractivity contribution in [2.75, 3.05) is 0 Å². The molecule has 0 atom stereocenters. The molecule has 1 aliphatic rings. The largest absolute Gasteiger partial charge is 0.488 e. The van der Waals surface area contributed by atoms with Crippen LogP contribution in [0.3, 0.4) is 0 Å². The lowest BCUT2D eigenvalue weighted by Gasteiger charge is -2.20. The standard InChI is InChI=1S/C18H16N2O/c1-12-8-9-17-15(10-12)18-16(11-21-17)13(2)19-20(18)14-6-4-3-5-7-14/h3-10H,11H2,1-2H3. The molecule has 0 unspecified atom stereocenters. The van der Waals surface area contributed by atoms with Gasteiger partial charge in [-0.2, -0.15) is 5.10 Å². The number of aryl methyl sites for hydroxylation is 2. The van der Waals surface area contributed by atoms with Gasteiger partial charge >= 0.3 is 0 Å². The minimum atomic E-state index is 0.587. The summed E-state index contributed by atoms with van der Waals surface area (Å²) < 4.78 is 7.91. The molecule has 0 aliphatic carbocycles. The van der Waals surface area contributed by atoms with Gasteiger partial charge in [0.15, 0.2) is 0 Å². The second-order valence-corrected chi connectivity index (χ2v) is 5.45. The third-order valence-corrected chi connectivity index (χ3v) is 3.95. The molecule has 3 nitrogen and oxygen atoms in total. The molecule has 2 heterocycles. The normalized spacial score (nSPS) is 12.5. The quantitative estimate of drug-likeness (QED) is 0.670. The van der Waals surface area contributed by atoms with E-state index in [-0.39, 0.29) is 0 Å². The lowest BCUT2D eigenvalue weighted by molar-refractivity contribution is 0.301. The Balaban J connectivity index is 2.02. The monoisotopic (exact) mass is 276 g/mol. The summed E-state index contributed by atoms with van der Waals surface area (Å²) in [7, 11) is 0. The fourth-order valence-corrected chi connectivity index (χ4v) is 2.87. The number of hydrogen-bond acceptors (Lipinski definition) is 2. The van der Waals surface area contributed by atoms with E-state index < -0.39 is 0 Å². The van der Waals surface area contributed by atoms with Gasteiger partial charge in [0.2, 0.25) is 0 Å². The fraction of sp³-hybridized carbons (Fsp3) is 0.167. The Morgan fingerprint density at radius 3 is 2.67 bits per heavy atom. The van der Waals surface area contributed by atoms with Crippen LogP contribution in [0.2, 0.25) is 0 Å². The highest BCUT2D eigenvalue weighted by atomic mass is 16.5. The minimum Gasteiger partial charge on any atom is -0.488 e. The second-order valence-electron chi connectivity index (χ2n) is 5.45. The topological polar surface area (TPSA) is 27.1 Å². The summed E-state index contributed by atoms with van der Waals surface area (Å²) in [5.74, 6) is 0.935. The van der Waals surface area contributed by atoms with E-state index in [4.69, 9.17) is 9.84 Å². The maximum atomic E-state index is 5.88. The Kier molecular flexibility index (Phi) is 2.61. The van der Waals surface area contributed by atoms with Crippen LogP contribution in [0.5, 0.6) is 5.75 Å². The van der Waals surface area contributed by atoms with E-state index in [0.29, 0.717) is 6.61 Å². The minimum absolute atomic E-state index is 0.587. The van der Waals surface area contributed by atoms with Crippen molar-refractivity contribution in [3.8, 4) is 22.7 Å². The molecule has 1 aromatic heterocycles. The van der Waals surface area contributed by atoms with E-state index in [1.807, 2.05) is 35.9 Å². The Bertz CT molecular complexity index is 819. The molecule has 1 aliphatic heterocycles. The van der Waals surface area contributed by atoms with Gasteiger partial charge in [-0.15, -0.1) is 0 Å². The number of fused-ring (bicyclic) bond motifs is 3. The molecule has 0 amide bonds. The van der Waals surface area contributed by atoms with E-state index >= 15 is 0 Å². The summed E-state index contributed by atoms with van der Waals surface area (Å²) in [5.41, 5.74) is 6.79. The van der Waals surface area contributed by atoms with E-state index in [2.05, 4.69) is 31.2 Å². The zero-order valence-electron chi connectivity index (χ0n) is 12.1. The van der Waals surface area contributed by atoms with Crippen LogP contribution in [0.25, 0.3) is 16.9 Å². The van der Waals surface area contributed by atoms with Gasteiger partial charge < -0.3 is 4.74 Å². The number of benzene rings is 2. The van der Waals surface area contributed by atoms with Gasteiger partial charge in [-0.3, -0.25) is 0 Å². The summed E-state index contributed by atoms with van der Waals surface area (Å²) in [6, 6.07) is 16.6. The Hall–Kier alpha value is -2.55. The lowest BCUT2D eigenvalue weighted by atomic mass is 10.0. The smallest absolute Gasteiger partial charge is 0.129 e. The van der Waals surface area contributed by atoms with Gasteiger partial charge in [0, 0.05) is 11.1 Å². The summed E-state index contributed by atoms with van der Waals surface area (Å²) in [4.78, 5) is 0. The summed E-state index contributed by atoms with van der Waals surface area (Å²) >= 11 is 0. The van der Waals surface area contributed by atoms with Crippen LogP contribution in [-0.4, -0.2) is 9.78 Å². The van der Waals surface area contributed by atoms with Crippen molar-refractivity contribution in [1.82, 2.24) is 9.78 Å². The maximum Gasteiger partial charge on any atom is 0.129 e. The Morgan fingerprint density at radius 1 is 1.05 bits per heavy atom. The molecule has 3 aromatic rings. The molecule has 0 saturated carbocycles. The molecule has 21 heavy (non-hydrogen) atoms. The van der Waals surface area contributed by atoms with Gasteiger partial charge in [-0.1, -0.05) is 29.8 Å².